The molecule has 0 radical (unpaired) electrons. The number of nitrogens with one attached hydrogen (secondary N) is 1. The van der Waals surface area contributed by atoms with Crippen molar-refractivity contribution in [2.24, 2.45) is 0 Å². The zero-order valence-electron chi connectivity index (χ0n) is 7.47. The van der Waals surface area contributed by atoms with E-state index in [1.165, 1.54) is 0 Å². The molecule has 0 aliphatic carbocycles. The maximum atomic E-state index is 5.86. The highest BCUT2D eigenvalue weighted by molar-refractivity contribution is 6.42. The van der Waals surface area contributed by atoms with Gasteiger partial charge in [0.2, 0.25) is 0 Å². The number of benzene rings is 1. The quantitative estimate of drug-likeness (QED) is 0.790. The molecule has 72 valence electrons. The van der Waals surface area contributed by atoms with Crippen LogP contribution in [0.3, 0.4) is 0 Å². The van der Waals surface area contributed by atoms with E-state index in [1.54, 1.807) is 19.2 Å². The van der Waals surface area contributed by atoms with E-state index in [-0.39, 0.29) is 6.23 Å². The van der Waals surface area contributed by atoms with Crippen LogP contribution in [-0.2, 0) is 4.74 Å². The average molecular weight is 220 g/mol. The molecule has 0 aromatic heterocycles. The van der Waals surface area contributed by atoms with E-state index in [0.717, 1.165) is 5.56 Å². The molecule has 1 atom stereocenters. The molecule has 1 aromatic rings. The molecule has 0 amide bonds. The molecule has 1 N–H and O–H groups in total. The van der Waals surface area contributed by atoms with Gasteiger partial charge in [0.05, 0.1) is 10.0 Å². The van der Waals surface area contributed by atoms with Crippen LogP contribution in [0.5, 0.6) is 0 Å². The number of halogens is 2. The third-order valence-corrected chi connectivity index (χ3v) is 2.48. The standard InChI is InChI=1S/C9H11Cl2NO/c1-12-9(13-2)6-3-4-7(10)8(11)5-6/h3-5,9,12H,1-2H3. The van der Waals surface area contributed by atoms with Crippen molar-refractivity contribution in [2.75, 3.05) is 14.2 Å². The second-order valence-corrected chi connectivity index (χ2v) is 3.39. The van der Waals surface area contributed by atoms with E-state index in [9.17, 15) is 0 Å². The fourth-order valence-electron chi connectivity index (χ4n) is 1.10. The molecule has 4 heteroatoms. The van der Waals surface area contributed by atoms with Crippen LogP contribution in [0, 0.1) is 0 Å². The largest absolute Gasteiger partial charge is 0.362 e. The summed E-state index contributed by atoms with van der Waals surface area (Å²) in [5, 5.41) is 4.08. The van der Waals surface area contributed by atoms with E-state index in [2.05, 4.69) is 5.32 Å². The van der Waals surface area contributed by atoms with Crippen molar-refractivity contribution in [3.8, 4) is 0 Å². The highest BCUT2D eigenvalue weighted by atomic mass is 35.5. The predicted molar refractivity (Wildman–Crippen MR) is 55.3 cm³/mol. The molecule has 1 rings (SSSR count). The molecule has 0 aliphatic heterocycles. The lowest BCUT2D eigenvalue weighted by Crippen LogP contribution is -2.17. The van der Waals surface area contributed by atoms with Gasteiger partial charge in [-0.05, 0) is 24.7 Å². The Morgan fingerprint density at radius 1 is 1.31 bits per heavy atom. The van der Waals surface area contributed by atoms with Gasteiger partial charge >= 0.3 is 0 Å². The maximum absolute atomic E-state index is 5.86. The Bertz CT molecular complexity index is 287. The maximum Gasteiger partial charge on any atom is 0.133 e. The molecule has 1 unspecified atom stereocenters. The Hall–Kier alpha value is -0.280. The molecule has 0 saturated carbocycles. The van der Waals surface area contributed by atoms with Gasteiger partial charge in [0.25, 0.3) is 0 Å². The van der Waals surface area contributed by atoms with Gasteiger partial charge in [-0.3, -0.25) is 5.32 Å². The van der Waals surface area contributed by atoms with Crippen LogP contribution in [0.4, 0.5) is 0 Å². The number of hydrogen-bond acceptors (Lipinski definition) is 2. The smallest absolute Gasteiger partial charge is 0.133 e. The van der Waals surface area contributed by atoms with Crippen LogP contribution in [0.1, 0.15) is 11.8 Å². The second kappa shape index (κ2) is 4.82. The van der Waals surface area contributed by atoms with Crippen molar-refractivity contribution >= 4 is 23.2 Å². The predicted octanol–water partition coefficient (Wildman–Crippen LogP) is 2.86. The molecule has 0 bridgehead atoms. The summed E-state index contributed by atoms with van der Waals surface area (Å²) in [7, 11) is 3.44. The van der Waals surface area contributed by atoms with E-state index in [4.69, 9.17) is 27.9 Å². The number of ether oxygens (including phenoxy) is 1. The van der Waals surface area contributed by atoms with Gasteiger partial charge in [-0.25, -0.2) is 0 Å². The van der Waals surface area contributed by atoms with Crippen LogP contribution in [0.25, 0.3) is 0 Å². The van der Waals surface area contributed by atoms with Gasteiger partial charge in [-0.1, -0.05) is 29.3 Å². The third kappa shape index (κ3) is 2.58. The van der Waals surface area contributed by atoms with Gasteiger partial charge in [0.15, 0.2) is 0 Å². The van der Waals surface area contributed by atoms with Gasteiger partial charge in [-0.15, -0.1) is 0 Å². The highest BCUT2D eigenvalue weighted by Crippen LogP contribution is 2.25. The van der Waals surface area contributed by atoms with Crippen LogP contribution in [0.15, 0.2) is 18.2 Å². The van der Waals surface area contributed by atoms with E-state index < -0.39 is 0 Å². The number of hydrogen-bond donors (Lipinski definition) is 1. The molecular weight excluding hydrogens is 209 g/mol. The topological polar surface area (TPSA) is 21.3 Å². The lowest BCUT2D eigenvalue weighted by atomic mass is 10.2. The minimum Gasteiger partial charge on any atom is -0.362 e. The minimum absolute atomic E-state index is 0.144. The van der Waals surface area contributed by atoms with Gasteiger partial charge in [0, 0.05) is 7.11 Å². The fraction of sp³-hybridized carbons (Fsp3) is 0.333. The summed E-state index contributed by atoms with van der Waals surface area (Å²) in [5.74, 6) is 0. The first-order valence-electron chi connectivity index (χ1n) is 3.84. The first-order chi connectivity index (χ1) is 6.19. The summed E-state index contributed by atoms with van der Waals surface area (Å²) < 4.78 is 5.17. The molecule has 0 heterocycles. The number of methoxy groups -OCH3 is 1. The van der Waals surface area contributed by atoms with Crippen LogP contribution in [-0.4, -0.2) is 14.2 Å². The van der Waals surface area contributed by atoms with E-state index in [0.29, 0.717) is 10.0 Å². The van der Waals surface area contributed by atoms with Crippen molar-refractivity contribution in [2.45, 2.75) is 6.23 Å². The summed E-state index contributed by atoms with van der Waals surface area (Å²) in [5.41, 5.74) is 0.958. The molecule has 0 fully saturated rings. The van der Waals surface area contributed by atoms with Crippen LogP contribution < -0.4 is 5.32 Å². The minimum atomic E-state index is -0.144. The Morgan fingerprint density at radius 3 is 2.46 bits per heavy atom. The van der Waals surface area contributed by atoms with Crippen LogP contribution >= 0.6 is 23.2 Å². The monoisotopic (exact) mass is 219 g/mol. The molecule has 2 nitrogen and oxygen atoms in total. The summed E-state index contributed by atoms with van der Waals surface area (Å²) in [6.45, 7) is 0. The van der Waals surface area contributed by atoms with Crippen molar-refractivity contribution in [1.29, 1.82) is 0 Å². The van der Waals surface area contributed by atoms with Crippen molar-refractivity contribution < 1.29 is 4.74 Å². The Labute approximate surface area is 87.8 Å². The van der Waals surface area contributed by atoms with Crippen LogP contribution in [0.2, 0.25) is 10.0 Å². The molecule has 0 aliphatic rings. The molecule has 1 aromatic carbocycles. The Balaban J connectivity index is 2.95. The lowest BCUT2D eigenvalue weighted by molar-refractivity contribution is 0.0809. The zero-order valence-corrected chi connectivity index (χ0v) is 8.99. The SMILES string of the molecule is CNC(OC)c1ccc(Cl)c(Cl)c1. The Morgan fingerprint density at radius 2 is 2.00 bits per heavy atom. The third-order valence-electron chi connectivity index (χ3n) is 1.74. The average Bonchev–Trinajstić information content (AvgIpc) is 2.13. The molecular formula is C9H11Cl2NO. The van der Waals surface area contributed by atoms with Crippen molar-refractivity contribution in [3.63, 3.8) is 0 Å². The van der Waals surface area contributed by atoms with Crippen molar-refractivity contribution in [1.82, 2.24) is 5.32 Å². The molecule has 13 heavy (non-hydrogen) atoms. The normalized spacial score (nSPS) is 12.9. The fourth-order valence-corrected chi connectivity index (χ4v) is 1.40. The molecule has 0 spiro atoms. The number of rotatable bonds is 3. The lowest BCUT2D eigenvalue weighted by Gasteiger charge is -2.14. The molecule has 0 saturated heterocycles. The summed E-state index contributed by atoms with van der Waals surface area (Å²) in [6.07, 6.45) is -0.144. The highest BCUT2D eigenvalue weighted by Gasteiger charge is 2.08. The summed E-state index contributed by atoms with van der Waals surface area (Å²) in [6, 6.07) is 5.41. The van der Waals surface area contributed by atoms with E-state index in [1.807, 2.05) is 13.1 Å². The van der Waals surface area contributed by atoms with Gasteiger partial charge in [0.1, 0.15) is 6.23 Å². The first kappa shape index (κ1) is 10.8. The second-order valence-electron chi connectivity index (χ2n) is 2.58. The van der Waals surface area contributed by atoms with Crippen molar-refractivity contribution in [3.05, 3.63) is 33.8 Å². The van der Waals surface area contributed by atoms with E-state index >= 15 is 0 Å². The Kier molecular flexibility index (Phi) is 4.00. The zero-order chi connectivity index (χ0) is 9.84. The van der Waals surface area contributed by atoms with Gasteiger partial charge in [-0.2, -0.15) is 0 Å². The first-order valence-corrected chi connectivity index (χ1v) is 4.59. The van der Waals surface area contributed by atoms with Gasteiger partial charge < -0.3 is 4.74 Å². The summed E-state index contributed by atoms with van der Waals surface area (Å²) in [4.78, 5) is 0. The summed E-state index contributed by atoms with van der Waals surface area (Å²) >= 11 is 11.6.